The van der Waals surface area contributed by atoms with Crippen LogP contribution in [0.15, 0.2) is 83.5 Å². The predicted molar refractivity (Wildman–Crippen MR) is 149 cm³/mol. The Morgan fingerprint density at radius 1 is 1.05 bits per heavy atom. The summed E-state index contributed by atoms with van der Waals surface area (Å²) < 4.78 is 44.8. The van der Waals surface area contributed by atoms with Crippen LogP contribution in [0.5, 0.6) is 0 Å². The monoisotopic (exact) mass is 612 g/mol. The van der Waals surface area contributed by atoms with Crippen LogP contribution in [0, 0.1) is 5.82 Å². The van der Waals surface area contributed by atoms with Crippen LogP contribution in [0.3, 0.4) is 0 Å². The SMILES string of the molecule is C[C@@H]1O[C@H](c2cn(-c3ccc(Br)cc3)nc2-c2ccc(F)cc2)N(CCc2ccc(CNS(=O)O)cc2)C1=O. The van der Waals surface area contributed by atoms with Crippen molar-refractivity contribution >= 4 is 33.1 Å². The lowest BCUT2D eigenvalue weighted by atomic mass is 10.1. The summed E-state index contributed by atoms with van der Waals surface area (Å²) in [5.41, 5.74) is 4.74. The van der Waals surface area contributed by atoms with Gasteiger partial charge in [-0.3, -0.25) is 9.35 Å². The van der Waals surface area contributed by atoms with Crippen LogP contribution in [0.2, 0.25) is 0 Å². The van der Waals surface area contributed by atoms with Crippen molar-refractivity contribution in [1.82, 2.24) is 19.4 Å². The minimum atomic E-state index is -2.07. The van der Waals surface area contributed by atoms with Crippen molar-refractivity contribution in [3.05, 3.63) is 106 Å². The summed E-state index contributed by atoms with van der Waals surface area (Å²) in [7, 11) is 0. The maximum atomic E-state index is 13.7. The van der Waals surface area contributed by atoms with E-state index in [9.17, 15) is 13.4 Å². The Bertz CT molecular complexity index is 1480. The van der Waals surface area contributed by atoms with Gasteiger partial charge in [-0.2, -0.15) is 5.10 Å². The molecule has 0 saturated carbocycles. The summed E-state index contributed by atoms with van der Waals surface area (Å²) >= 11 is 1.38. The first-order valence-corrected chi connectivity index (χ1v) is 14.2. The van der Waals surface area contributed by atoms with Crippen molar-refractivity contribution in [3.8, 4) is 16.9 Å². The second-order valence-electron chi connectivity index (χ2n) is 9.16. The lowest BCUT2D eigenvalue weighted by molar-refractivity contribution is -0.130. The van der Waals surface area contributed by atoms with E-state index < -0.39 is 23.6 Å². The fourth-order valence-corrected chi connectivity index (χ4v) is 5.04. The number of halogens is 2. The van der Waals surface area contributed by atoms with Gasteiger partial charge in [-0.05, 0) is 73.0 Å². The Morgan fingerprint density at radius 3 is 2.38 bits per heavy atom. The zero-order chi connectivity index (χ0) is 27.5. The van der Waals surface area contributed by atoms with E-state index >= 15 is 0 Å². The van der Waals surface area contributed by atoms with Crippen LogP contribution in [-0.2, 0) is 33.8 Å². The van der Waals surface area contributed by atoms with E-state index in [1.54, 1.807) is 28.6 Å². The number of hydrogen-bond donors (Lipinski definition) is 2. The first kappa shape index (κ1) is 27.4. The summed E-state index contributed by atoms with van der Waals surface area (Å²) in [5.74, 6) is -0.464. The van der Waals surface area contributed by atoms with Crippen molar-refractivity contribution in [2.75, 3.05) is 6.54 Å². The molecule has 1 aromatic heterocycles. The van der Waals surface area contributed by atoms with Crippen LogP contribution >= 0.6 is 15.9 Å². The Balaban J connectivity index is 1.43. The van der Waals surface area contributed by atoms with E-state index in [-0.39, 0.29) is 18.3 Å². The van der Waals surface area contributed by atoms with Gasteiger partial charge < -0.3 is 9.64 Å². The van der Waals surface area contributed by atoms with Gasteiger partial charge in [-0.15, -0.1) is 0 Å². The largest absolute Gasteiger partial charge is 0.341 e. The highest BCUT2D eigenvalue weighted by molar-refractivity contribution is 9.10. The molecule has 0 radical (unpaired) electrons. The minimum absolute atomic E-state index is 0.118. The van der Waals surface area contributed by atoms with Crippen molar-refractivity contribution in [2.24, 2.45) is 0 Å². The van der Waals surface area contributed by atoms with Crippen molar-refractivity contribution < 1.29 is 22.7 Å². The molecule has 39 heavy (non-hydrogen) atoms. The average Bonchev–Trinajstić information content (AvgIpc) is 3.49. The molecule has 1 aliphatic heterocycles. The Labute approximate surface area is 236 Å². The molecule has 1 aliphatic rings. The summed E-state index contributed by atoms with van der Waals surface area (Å²) in [4.78, 5) is 14.9. The number of carbonyl (C=O) groups excluding carboxylic acids is 1. The van der Waals surface area contributed by atoms with Crippen molar-refractivity contribution in [3.63, 3.8) is 0 Å². The summed E-state index contributed by atoms with van der Waals surface area (Å²) in [6.45, 7) is 2.42. The highest BCUT2D eigenvalue weighted by atomic mass is 79.9. The second kappa shape index (κ2) is 11.9. The molecule has 1 fully saturated rings. The molecule has 1 unspecified atom stereocenters. The molecule has 0 bridgehead atoms. The van der Waals surface area contributed by atoms with Crippen LogP contribution in [0.1, 0.15) is 29.8 Å². The van der Waals surface area contributed by atoms with Gasteiger partial charge in [0.1, 0.15) is 17.6 Å². The normalized spacial score (nSPS) is 18.1. The Kier molecular flexibility index (Phi) is 8.34. The third-order valence-corrected chi connectivity index (χ3v) is 7.45. The second-order valence-corrected chi connectivity index (χ2v) is 10.9. The molecular weight excluding hydrogens is 587 g/mol. The van der Waals surface area contributed by atoms with E-state index in [2.05, 4.69) is 20.7 Å². The first-order chi connectivity index (χ1) is 18.8. The van der Waals surface area contributed by atoms with Crippen LogP contribution < -0.4 is 4.72 Å². The third-order valence-electron chi connectivity index (χ3n) is 6.53. The molecule has 3 aromatic carbocycles. The van der Waals surface area contributed by atoms with E-state index in [1.165, 1.54) is 12.1 Å². The van der Waals surface area contributed by atoms with Crippen molar-refractivity contribution in [1.29, 1.82) is 0 Å². The van der Waals surface area contributed by atoms with E-state index in [0.717, 1.165) is 21.3 Å². The van der Waals surface area contributed by atoms with Gasteiger partial charge in [0.15, 0.2) is 6.23 Å². The Morgan fingerprint density at radius 2 is 1.72 bits per heavy atom. The van der Waals surface area contributed by atoms with Gasteiger partial charge >= 0.3 is 0 Å². The first-order valence-electron chi connectivity index (χ1n) is 12.3. The lowest BCUT2D eigenvalue weighted by Crippen LogP contribution is -2.32. The lowest BCUT2D eigenvalue weighted by Gasteiger charge is -2.23. The quantitative estimate of drug-likeness (QED) is 0.255. The zero-order valence-corrected chi connectivity index (χ0v) is 23.4. The number of ether oxygens (including phenoxy) is 1. The van der Waals surface area contributed by atoms with Gasteiger partial charge in [0.25, 0.3) is 5.91 Å². The summed E-state index contributed by atoms with van der Waals surface area (Å²) in [6.07, 6.45) is 1.15. The molecule has 202 valence electrons. The molecule has 0 spiro atoms. The summed E-state index contributed by atoms with van der Waals surface area (Å²) in [6, 6.07) is 21.4. The maximum Gasteiger partial charge on any atom is 0.253 e. The third kappa shape index (κ3) is 6.34. The fraction of sp³-hybridized carbons (Fsp3) is 0.214. The van der Waals surface area contributed by atoms with E-state index in [4.69, 9.17) is 14.4 Å². The molecule has 8 nitrogen and oxygen atoms in total. The number of amides is 1. The maximum absolute atomic E-state index is 13.7. The molecule has 3 atom stereocenters. The topological polar surface area (TPSA) is 96.7 Å². The molecule has 1 amide bonds. The van der Waals surface area contributed by atoms with Gasteiger partial charge in [-0.25, -0.2) is 18.0 Å². The predicted octanol–water partition coefficient (Wildman–Crippen LogP) is 5.16. The standard InChI is InChI=1S/C28H26BrFN4O4S/c1-18-27(35)33(15-14-19-2-4-20(5-3-19)16-31-39(36)37)28(38-18)25-17-34(24-12-8-22(29)9-13-24)32-26(25)21-6-10-23(30)11-7-21/h2-13,17-18,28,31H,14-16H2,1H3,(H,36,37)/t18-,28+/m0/s1. The Hall–Kier alpha value is -3.22. The average molecular weight is 614 g/mol. The number of rotatable bonds is 9. The number of nitrogens with zero attached hydrogens (tertiary/aromatic N) is 3. The molecule has 0 aliphatic carbocycles. The van der Waals surface area contributed by atoms with Gasteiger partial charge in [0.2, 0.25) is 11.3 Å². The molecular formula is C28H26BrFN4O4S. The number of aromatic nitrogens is 2. The van der Waals surface area contributed by atoms with Crippen LogP contribution in [0.25, 0.3) is 16.9 Å². The molecule has 2 heterocycles. The molecule has 2 N–H and O–H groups in total. The number of nitrogens with one attached hydrogen (secondary N) is 1. The summed E-state index contributed by atoms with van der Waals surface area (Å²) in [5, 5.41) is 4.81. The fourth-order valence-electron chi connectivity index (χ4n) is 4.49. The van der Waals surface area contributed by atoms with Crippen molar-refractivity contribution in [2.45, 2.75) is 32.2 Å². The molecule has 11 heteroatoms. The number of hydrogen-bond acceptors (Lipinski definition) is 4. The number of benzene rings is 3. The van der Waals surface area contributed by atoms with E-state index in [1.807, 2.05) is 54.7 Å². The van der Waals surface area contributed by atoms with Gasteiger partial charge in [0.05, 0.1) is 5.69 Å². The van der Waals surface area contributed by atoms with Crippen LogP contribution in [-0.4, -0.2) is 42.0 Å². The number of carbonyl (C=O) groups is 1. The smallest absolute Gasteiger partial charge is 0.253 e. The molecule has 1 saturated heterocycles. The highest BCUT2D eigenvalue weighted by Crippen LogP contribution is 2.37. The van der Waals surface area contributed by atoms with E-state index in [0.29, 0.717) is 29.8 Å². The molecule has 5 rings (SSSR count). The minimum Gasteiger partial charge on any atom is -0.341 e. The molecule has 4 aromatic rings. The zero-order valence-electron chi connectivity index (χ0n) is 21.0. The van der Waals surface area contributed by atoms with Gasteiger partial charge in [0, 0.05) is 34.9 Å². The van der Waals surface area contributed by atoms with Gasteiger partial charge in [-0.1, -0.05) is 40.2 Å². The highest BCUT2D eigenvalue weighted by Gasteiger charge is 2.40. The van der Waals surface area contributed by atoms with Crippen LogP contribution in [0.4, 0.5) is 4.39 Å².